The molecule has 0 spiro atoms. The Hall–Kier alpha value is -3.10. The van der Waals surface area contributed by atoms with Crippen LogP contribution in [-0.2, 0) is 14.4 Å². The third-order valence-electron chi connectivity index (χ3n) is 3.40. The minimum absolute atomic E-state index is 0.196. The van der Waals surface area contributed by atoms with Gasteiger partial charge in [-0.3, -0.25) is 14.4 Å². The van der Waals surface area contributed by atoms with E-state index in [0.717, 1.165) is 0 Å². The van der Waals surface area contributed by atoms with E-state index in [-0.39, 0.29) is 36.9 Å². The summed E-state index contributed by atoms with van der Waals surface area (Å²) in [4.78, 5) is 34.7. The van der Waals surface area contributed by atoms with Crippen molar-refractivity contribution in [1.82, 2.24) is 10.7 Å². The lowest BCUT2D eigenvalue weighted by Crippen LogP contribution is -2.40. The first kappa shape index (κ1) is 15.8. The number of hydrogen-bond donors (Lipinski definition) is 3. The van der Waals surface area contributed by atoms with Crippen molar-refractivity contribution in [1.29, 1.82) is 0 Å². The van der Waals surface area contributed by atoms with Gasteiger partial charge in [-0.25, -0.2) is 5.43 Å². The SMILES string of the molecule is O=C1CCC(C(=O)NCC(=O)Nc2ccc3c(c2)OCCO3)=NN1. The van der Waals surface area contributed by atoms with Gasteiger partial charge in [0.1, 0.15) is 18.9 Å². The number of rotatable bonds is 4. The van der Waals surface area contributed by atoms with Crippen LogP contribution in [0.3, 0.4) is 0 Å². The molecular formula is C15H16N4O5. The number of carbonyl (C=O) groups excluding carboxylic acids is 3. The smallest absolute Gasteiger partial charge is 0.267 e. The second kappa shape index (κ2) is 6.99. The van der Waals surface area contributed by atoms with E-state index in [1.54, 1.807) is 18.2 Å². The molecule has 24 heavy (non-hydrogen) atoms. The third-order valence-corrected chi connectivity index (χ3v) is 3.40. The monoisotopic (exact) mass is 332 g/mol. The van der Waals surface area contributed by atoms with Gasteiger partial charge in [-0.1, -0.05) is 0 Å². The zero-order valence-corrected chi connectivity index (χ0v) is 12.8. The molecule has 0 radical (unpaired) electrons. The molecule has 126 valence electrons. The summed E-state index contributed by atoms with van der Waals surface area (Å²) in [6.07, 6.45) is 0.455. The van der Waals surface area contributed by atoms with Crippen LogP contribution in [0.5, 0.6) is 11.5 Å². The summed E-state index contributed by atoms with van der Waals surface area (Å²) in [5.41, 5.74) is 2.97. The summed E-state index contributed by atoms with van der Waals surface area (Å²) in [5.74, 6) is 0.0935. The molecule has 1 aromatic rings. The maximum atomic E-state index is 11.9. The van der Waals surface area contributed by atoms with E-state index < -0.39 is 5.91 Å². The van der Waals surface area contributed by atoms with E-state index in [1.807, 2.05) is 0 Å². The Morgan fingerprint density at radius 2 is 1.96 bits per heavy atom. The van der Waals surface area contributed by atoms with Crippen LogP contribution in [0.25, 0.3) is 0 Å². The standard InChI is InChI=1S/C15H16N4O5/c20-13-4-2-10(18-19-13)15(22)16-8-14(21)17-9-1-3-11-12(7-9)24-6-5-23-11/h1,3,7H,2,4-6,8H2,(H,16,22)(H,17,21)(H,19,20). The molecule has 2 aliphatic rings. The maximum absolute atomic E-state index is 11.9. The minimum atomic E-state index is -0.479. The predicted molar refractivity (Wildman–Crippen MR) is 83.9 cm³/mol. The van der Waals surface area contributed by atoms with Crippen LogP contribution in [0.15, 0.2) is 23.3 Å². The minimum Gasteiger partial charge on any atom is -0.486 e. The number of fused-ring (bicyclic) bond motifs is 1. The number of ether oxygens (including phenoxy) is 2. The molecule has 3 rings (SSSR count). The number of benzene rings is 1. The van der Waals surface area contributed by atoms with Gasteiger partial charge in [-0.2, -0.15) is 5.10 Å². The van der Waals surface area contributed by atoms with Gasteiger partial charge < -0.3 is 20.1 Å². The quantitative estimate of drug-likeness (QED) is 0.704. The Morgan fingerprint density at radius 1 is 1.17 bits per heavy atom. The van der Waals surface area contributed by atoms with Crippen LogP contribution in [0.2, 0.25) is 0 Å². The average molecular weight is 332 g/mol. The molecule has 0 saturated heterocycles. The molecule has 0 aliphatic carbocycles. The lowest BCUT2D eigenvalue weighted by atomic mass is 10.1. The number of anilines is 1. The van der Waals surface area contributed by atoms with Gasteiger partial charge in [0.2, 0.25) is 11.8 Å². The van der Waals surface area contributed by atoms with Crippen molar-refractivity contribution in [3.05, 3.63) is 18.2 Å². The topological polar surface area (TPSA) is 118 Å². The Kier molecular flexibility index (Phi) is 4.59. The fraction of sp³-hybridized carbons (Fsp3) is 0.333. The summed E-state index contributed by atoms with van der Waals surface area (Å²) in [6.45, 7) is 0.744. The fourth-order valence-corrected chi connectivity index (χ4v) is 2.23. The second-order valence-electron chi connectivity index (χ2n) is 5.18. The Labute approximate surface area is 137 Å². The van der Waals surface area contributed by atoms with E-state index in [1.165, 1.54) is 0 Å². The molecule has 3 N–H and O–H groups in total. The second-order valence-corrected chi connectivity index (χ2v) is 5.18. The Morgan fingerprint density at radius 3 is 2.71 bits per heavy atom. The van der Waals surface area contributed by atoms with Crippen LogP contribution >= 0.6 is 0 Å². The van der Waals surface area contributed by atoms with Gasteiger partial charge in [0.05, 0.1) is 6.54 Å². The molecule has 0 bridgehead atoms. The van der Waals surface area contributed by atoms with Gasteiger partial charge in [-0.15, -0.1) is 0 Å². The van der Waals surface area contributed by atoms with Crippen LogP contribution in [0, 0.1) is 0 Å². The molecule has 0 unspecified atom stereocenters. The first-order valence-electron chi connectivity index (χ1n) is 7.45. The van der Waals surface area contributed by atoms with Crippen molar-refractivity contribution in [3.63, 3.8) is 0 Å². The van der Waals surface area contributed by atoms with E-state index in [9.17, 15) is 14.4 Å². The van der Waals surface area contributed by atoms with Crippen molar-refractivity contribution in [2.45, 2.75) is 12.8 Å². The summed E-state index contributed by atoms with van der Waals surface area (Å²) in [6, 6.07) is 5.06. The summed E-state index contributed by atoms with van der Waals surface area (Å²) in [7, 11) is 0. The molecule has 0 atom stereocenters. The number of carbonyl (C=O) groups is 3. The first-order valence-corrected chi connectivity index (χ1v) is 7.45. The van der Waals surface area contributed by atoms with Crippen molar-refractivity contribution in [2.75, 3.05) is 25.1 Å². The van der Waals surface area contributed by atoms with E-state index in [4.69, 9.17) is 9.47 Å². The number of nitrogens with zero attached hydrogens (tertiary/aromatic N) is 1. The molecule has 3 amide bonds. The van der Waals surface area contributed by atoms with Gasteiger partial charge >= 0.3 is 0 Å². The highest BCUT2D eigenvalue weighted by Gasteiger charge is 2.19. The molecule has 2 aliphatic heterocycles. The zero-order chi connectivity index (χ0) is 16.9. The molecule has 9 nitrogen and oxygen atoms in total. The molecule has 0 aromatic heterocycles. The summed E-state index contributed by atoms with van der Waals surface area (Å²) >= 11 is 0. The maximum Gasteiger partial charge on any atom is 0.267 e. The van der Waals surface area contributed by atoms with E-state index in [2.05, 4.69) is 21.2 Å². The fourth-order valence-electron chi connectivity index (χ4n) is 2.23. The molecule has 1 aromatic carbocycles. The molecule has 9 heteroatoms. The number of nitrogens with one attached hydrogen (secondary N) is 3. The van der Waals surface area contributed by atoms with Crippen LogP contribution in [0.4, 0.5) is 5.69 Å². The normalized spacial score (nSPS) is 15.8. The van der Waals surface area contributed by atoms with Crippen LogP contribution < -0.4 is 25.5 Å². The van der Waals surface area contributed by atoms with E-state index in [0.29, 0.717) is 30.4 Å². The molecular weight excluding hydrogens is 316 g/mol. The lowest BCUT2D eigenvalue weighted by Gasteiger charge is -2.19. The third kappa shape index (κ3) is 3.80. The number of hydrogen-bond acceptors (Lipinski definition) is 6. The average Bonchev–Trinajstić information content (AvgIpc) is 2.60. The van der Waals surface area contributed by atoms with Gasteiger partial charge in [-0.05, 0) is 12.1 Å². The first-order chi connectivity index (χ1) is 11.6. The number of amides is 3. The predicted octanol–water partition coefficient (Wildman–Crippen LogP) is -0.222. The Balaban J connectivity index is 1.51. The van der Waals surface area contributed by atoms with Crippen molar-refractivity contribution < 1.29 is 23.9 Å². The largest absolute Gasteiger partial charge is 0.486 e. The molecule has 2 heterocycles. The van der Waals surface area contributed by atoms with Gasteiger partial charge in [0, 0.05) is 24.6 Å². The molecule has 0 saturated carbocycles. The van der Waals surface area contributed by atoms with Crippen LogP contribution in [-0.4, -0.2) is 43.2 Å². The highest BCUT2D eigenvalue weighted by molar-refractivity contribution is 6.39. The van der Waals surface area contributed by atoms with Crippen LogP contribution in [0.1, 0.15) is 12.8 Å². The lowest BCUT2D eigenvalue weighted by molar-refractivity contribution is -0.122. The summed E-state index contributed by atoms with van der Waals surface area (Å²) < 4.78 is 10.8. The van der Waals surface area contributed by atoms with Gasteiger partial charge in [0.25, 0.3) is 5.91 Å². The van der Waals surface area contributed by atoms with Gasteiger partial charge in [0.15, 0.2) is 11.5 Å². The highest BCUT2D eigenvalue weighted by Crippen LogP contribution is 2.32. The summed E-state index contributed by atoms with van der Waals surface area (Å²) in [5, 5.41) is 8.78. The zero-order valence-electron chi connectivity index (χ0n) is 12.8. The van der Waals surface area contributed by atoms with Crippen molar-refractivity contribution >= 4 is 29.1 Å². The number of hydrazone groups is 1. The van der Waals surface area contributed by atoms with Crippen molar-refractivity contribution in [3.8, 4) is 11.5 Å². The van der Waals surface area contributed by atoms with E-state index >= 15 is 0 Å². The Bertz CT molecular complexity index is 716. The van der Waals surface area contributed by atoms with Crippen molar-refractivity contribution in [2.24, 2.45) is 5.10 Å². The highest BCUT2D eigenvalue weighted by atomic mass is 16.6. The molecule has 0 fully saturated rings.